The lowest BCUT2D eigenvalue weighted by atomic mass is 10.1. The van der Waals surface area contributed by atoms with E-state index in [0.29, 0.717) is 18.0 Å². The predicted molar refractivity (Wildman–Crippen MR) is 134 cm³/mol. The molecule has 1 aliphatic heterocycles. The fourth-order valence-electron chi connectivity index (χ4n) is 3.61. The molecule has 9 nitrogen and oxygen atoms in total. The van der Waals surface area contributed by atoms with Crippen LogP contribution in [0.15, 0.2) is 42.5 Å². The van der Waals surface area contributed by atoms with Crippen LogP contribution in [0.4, 0.5) is 10.1 Å². The zero-order chi connectivity index (χ0) is 26.5. The van der Waals surface area contributed by atoms with Gasteiger partial charge >= 0.3 is 0 Å². The minimum absolute atomic E-state index is 0.0116. The van der Waals surface area contributed by atoms with Crippen molar-refractivity contribution >= 4 is 27.5 Å². The maximum Gasteiger partial charge on any atom is 0.244 e. The number of hydrogen-bond donors (Lipinski definition) is 1. The van der Waals surface area contributed by atoms with Gasteiger partial charge in [-0.2, -0.15) is 0 Å². The Kier molecular flexibility index (Phi) is 8.78. The highest BCUT2D eigenvalue weighted by Crippen LogP contribution is 2.36. The normalized spacial score (nSPS) is 13.4. The molecule has 0 saturated heterocycles. The molecule has 36 heavy (non-hydrogen) atoms. The van der Waals surface area contributed by atoms with Crippen molar-refractivity contribution < 1.29 is 31.9 Å². The molecular formula is C25H32FN3O6S. The van der Waals surface area contributed by atoms with Gasteiger partial charge in [-0.1, -0.05) is 32.0 Å². The van der Waals surface area contributed by atoms with Crippen molar-refractivity contribution in [3.8, 4) is 11.5 Å². The maximum absolute atomic E-state index is 14.5. The molecule has 11 heteroatoms. The SMILES string of the molecule is CCS(=O)(=O)N(CC(=O)N(Cc1ccccc1F)[C@@H](C)C(=O)NCC(C)C)c1ccc2c(c1)OCO2. The van der Waals surface area contributed by atoms with Crippen molar-refractivity contribution in [3.63, 3.8) is 0 Å². The number of fused-ring (bicyclic) bond motifs is 1. The summed E-state index contributed by atoms with van der Waals surface area (Å²) in [5.74, 6) is -0.836. The number of nitrogens with zero attached hydrogens (tertiary/aromatic N) is 2. The molecule has 0 aromatic heterocycles. The summed E-state index contributed by atoms with van der Waals surface area (Å²) in [6.45, 7) is 6.51. The molecule has 0 aliphatic carbocycles. The number of carbonyl (C=O) groups excluding carboxylic acids is 2. The zero-order valence-electron chi connectivity index (χ0n) is 20.9. The number of sulfonamides is 1. The molecule has 1 heterocycles. The van der Waals surface area contributed by atoms with Gasteiger partial charge in [0.1, 0.15) is 18.4 Å². The third-order valence-corrected chi connectivity index (χ3v) is 7.52. The minimum atomic E-state index is -3.89. The molecule has 196 valence electrons. The van der Waals surface area contributed by atoms with Crippen LogP contribution in [0, 0.1) is 11.7 Å². The van der Waals surface area contributed by atoms with Gasteiger partial charge in [0.2, 0.25) is 28.6 Å². The van der Waals surface area contributed by atoms with Crippen LogP contribution in [-0.2, 0) is 26.2 Å². The van der Waals surface area contributed by atoms with Crippen LogP contribution in [0.5, 0.6) is 11.5 Å². The van der Waals surface area contributed by atoms with Crippen molar-refractivity contribution in [2.45, 2.75) is 40.3 Å². The van der Waals surface area contributed by atoms with Crippen molar-refractivity contribution in [1.29, 1.82) is 0 Å². The molecule has 0 fully saturated rings. The number of ether oxygens (including phenoxy) is 2. The lowest BCUT2D eigenvalue weighted by Gasteiger charge is -2.32. The Morgan fingerprint density at radius 1 is 1.08 bits per heavy atom. The number of benzene rings is 2. The van der Waals surface area contributed by atoms with E-state index in [1.54, 1.807) is 12.1 Å². The molecule has 2 aromatic carbocycles. The Hall–Kier alpha value is -3.34. The van der Waals surface area contributed by atoms with Gasteiger partial charge in [0.25, 0.3) is 0 Å². The topological polar surface area (TPSA) is 105 Å². The van der Waals surface area contributed by atoms with Crippen LogP contribution in [0.25, 0.3) is 0 Å². The largest absolute Gasteiger partial charge is 0.454 e. The summed E-state index contributed by atoms with van der Waals surface area (Å²) in [6, 6.07) is 9.55. The monoisotopic (exact) mass is 521 g/mol. The summed E-state index contributed by atoms with van der Waals surface area (Å²) in [5.41, 5.74) is 0.430. The Labute approximate surface area is 211 Å². The van der Waals surface area contributed by atoms with Crippen molar-refractivity contribution in [1.82, 2.24) is 10.2 Å². The van der Waals surface area contributed by atoms with Crippen molar-refractivity contribution in [2.24, 2.45) is 5.92 Å². The van der Waals surface area contributed by atoms with Gasteiger partial charge in [-0.3, -0.25) is 13.9 Å². The number of nitrogens with one attached hydrogen (secondary N) is 1. The predicted octanol–water partition coefficient (Wildman–Crippen LogP) is 2.90. The fraction of sp³-hybridized carbons (Fsp3) is 0.440. The van der Waals surface area contributed by atoms with Gasteiger partial charge in [-0.25, -0.2) is 12.8 Å². The molecule has 0 unspecified atom stereocenters. The van der Waals surface area contributed by atoms with E-state index >= 15 is 0 Å². The first-order valence-electron chi connectivity index (χ1n) is 11.7. The van der Waals surface area contributed by atoms with E-state index in [-0.39, 0.29) is 36.3 Å². The number of amides is 2. The summed E-state index contributed by atoms with van der Waals surface area (Å²) in [7, 11) is -3.89. The van der Waals surface area contributed by atoms with Gasteiger partial charge in [-0.05, 0) is 38.0 Å². The summed E-state index contributed by atoms with van der Waals surface area (Å²) in [4.78, 5) is 27.6. The lowest BCUT2D eigenvalue weighted by Crippen LogP contribution is -2.51. The van der Waals surface area contributed by atoms with Crippen molar-refractivity contribution in [2.75, 3.05) is 29.9 Å². The molecule has 0 radical (unpaired) electrons. The zero-order valence-corrected chi connectivity index (χ0v) is 21.7. The highest BCUT2D eigenvalue weighted by molar-refractivity contribution is 7.92. The van der Waals surface area contributed by atoms with E-state index in [0.717, 1.165) is 4.31 Å². The Bertz CT molecular complexity index is 1200. The molecule has 0 bridgehead atoms. The number of rotatable bonds is 11. The Morgan fingerprint density at radius 3 is 2.44 bits per heavy atom. The molecule has 1 atom stereocenters. The molecule has 3 rings (SSSR count). The van der Waals surface area contributed by atoms with E-state index in [9.17, 15) is 22.4 Å². The highest BCUT2D eigenvalue weighted by atomic mass is 32.2. The average molecular weight is 522 g/mol. The van der Waals surface area contributed by atoms with E-state index in [2.05, 4.69) is 5.32 Å². The summed E-state index contributed by atoms with van der Waals surface area (Å²) in [6.07, 6.45) is 0. The van der Waals surface area contributed by atoms with E-state index in [1.165, 1.54) is 49.1 Å². The van der Waals surface area contributed by atoms with Crippen LogP contribution < -0.4 is 19.1 Å². The average Bonchev–Trinajstić information content (AvgIpc) is 3.32. The second-order valence-corrected chi connectivity index (χ2v) is 11.1. The molecule has 2 amide bonds. The maximum atomic E-state index is 14.5. The van der Waals surface area contributed by atoms with Gasteiger partial charge in [0, 0.05) is 24.7 Å². The number of carbonyl (C=O) groups is 2. The first-order chi connectivity index (χ1) is 17.0. The standard InChI is InChI=1S/C25H32FN3O6S/c1-5-36(32,33)29(20-10-11-22-23(12-20)35-16-34-22)15-24(30)28(14-19-8-6-7-9-21(19)26)18(4)25(31)27-13-17(2)3/h6-12,17-18H,5,13-16H2,1-4H3,(H,27,31)/t18-/m0/s1. The lowest BCUT2D eigenvalue weighted by molar-refractivity contribution is -0.139. The first-order valence-corrected chi connectivity index (χ1v) is 13.3. The van der Waals surface area contributed by atoms with Crippen molar-refractivity contribution in [3.05, 3.63) is 53.8 Å². The highest BCUT2D eigenvalue weighted by Gasteiger charge is 2.32. The number of anilines is 1. The van der Waals surface area contributed by atoms with E-state index in [1.807, 2.05) is 13.8 Å². The third kappa shape index (κ3) is 6.45. The Morgan fingerprint density at radius 2 is 1.78 bits per heavy atom. The summed E-state index contributed by atoms with van der Waals surface area (Å²) >= 11 is 0. The quantitative estimate of drug-likeness (QED) is 0.488. The molecular weight excluding hydrogens is 489 g/mol. The summed E-state index contributed by atoms with van der Waals surface area (Å²) < 4.78 is 52.1. The third-order valence-electron chi connectivity index (χ3n) is 5.77. The van der Waals surface area contributed by atoms with Gasteiger partial charge in [0.05, 0.1) is 11.4 Å². The first kappa shape index (κ1) is 27.3. The van der Waals surface area contributed by atoms with Gasteiger partial charge in [-0.15, -0.1) is 0 Å². The summed E-state index contributed by atoms with van der Waals surface area (Å²) in [5, 5.41) is 2.78. The van der Waals surface area contributed by atoms with E-state index < -0.39 is 40.2 Å². The molecule has 2 aromatic rings. The minimum Gasteiger partial charge on any atom is -0.454 e. The van der Waals surface area contributed by atoms with Crippen LogP contribution in [-0.4, -0.2) is 56.8 Å². The van der Waals surface area contributed by atoms with Crippen LogP contribution in [0.3, 0.4) is 0 Å². The van der Waals surface area contributed by atoms with Crippen LogP contribution in [0.1, 0.15) is 33.3 Å². The molecule has 1 aliphatic rings. The van der Waals surface area contributed by atoms with E-state index in [4.69, 9.17) is 9.47 Å². The van der Waals surface area contributed by atoms with Crippen LogP contribution in [0.2, 0.25) is 0 Å². The second kappa shape index (κ2) is 11.6. The van der Waals surface area contributed by atoms with Gasteiger partial charge < -0.3 is 19.7 Å². The Balaban J connectivity index is 1.93. The molecule has 1 N–H and O–H groups in total. The van der Waals surface area contributed by atoms with Gasteiger partial charge in [0.15, 0.2) is 11.5 Å². The molecule has 0 spiro atoms. The number of halogens is 1. The smallest absolute Gasteiger partial charge is 0.244 e. The number of hydrogen-bond acceptors (Lipinski definition) is 6. The molecule has 0 saturated carbocycles. The second-order valence-electron chi connectivity index (χ2n) is 8.87. The fourth-order valence-corrected chi connectivity index (χ4v) is 4.66. The van der Waals surface area contributed by atoms with Crippen LogP contribution >= 0.6 is 0 Å².